The Morgan fingerprint density at radius 2 is 1.80 bits per heavy atom. The van der Waals surface area contributed by atoms with Crippen LogP contribution in [-0.4, -0.2) is 65.9 Å². The van der Waals surface area contributed by atoms with E-state index in [2.05, 4.69) is 10.6 Å². The van der Waals surface area contributed by atoms with Crippen molar-refractivity contribution < 1.29 is 32.3 Å². The molecule has 3 N–H and O–H groups in total. The number of alkyl halides is 3. The monoisotopic (exact) mass is 501 g/mol. The molecule has 0 spiro atoms. The van der Waals surface area contributed by atoms with Crippen molar-refractivity contribution in [2.24, 2.45) is 23.2 Å². The van der Waals surface area contributed by atoms with Gasteiger partial charge in [-0.3, -0.25) is 19.2 Å². The number of halogens is 3. The molecule has 5 atom stereocenters. The second-order valence-electron chi connectivity index (χ2n) is 10.6. The number of likely N-dealkylation sites (tertiary alicyclic amines) is 1. The summed E-state index contributed by atoms with van der Waals surface area (Å²) in [6, 6.07) is -1.53. The number of carbonyl (C=O) groups is 4. The highest BCUT2D eigenvalue weighted by Crippen LogP contribution is 2.34. The minimum absolute atomic E-state index is 0.0393. The molecule has 196 valence electrons. The Kier molecular flexibility index (Phi) is 8.79. The van der Waals surface area contributed by atoms with E-state index in [0.717, 1.165) is 0 Å². The van der Waals surface area contributed by atoms with Gasteiger partial charge < -0.3 is 20.9 Å². The summed E-state index contributed by atoms with van der Waals surface area (Å²) in [5.41, 5.74) is -1.07. The minimum atomic E-state index is -5.17. The second kappa shape index (κ2) is 10.8. The summed E-state index contributed by atoms with van der Waals surface area (Å²) in [5.74, 6) is -4.56. The zero-order valence-electron chi connectivity index (χ0n) is 20.7. The second-order valence-corrected chi connectivity index (χ2v) is 10.6. The van der Waals surface area contributed by atoms with Crippen molar-refractivity contribution in [1.29, 1.82) is 5.26 Å². The van der Waals surface area contributed by atoms with Crippen LogP contribution in [0.1, 0.15) is 53.9 Å². The molecule has 2 aliphatic heterocycles. The quantitative estimate of drug-likeness (QED) is 0.486. The number of rotatable bonds is 7. The van der Waals surface area contributed by atoms with Gasteiger partial charge in [-0.1, -0.05) is 34.6 Å². The van der Waals surface area contributed by atoms with Crippen molar-refractivity contribution in [3.8, 4) is 6.07 Å². The van der Waals surface area contributed by atoms with E-state index in [1.54, 1.807) is 5.32 Å². The van der Waals surface area contributed by atoms with Crippen molar-refractivity contribution in [2.75, 3.05) is 13.1 Å². The SMILES string of the molecule is CC(C)C1CCN(C(=O)C(NC(=O)C(F)(F)F)C(C)(C)C)C1C(=O)NC(C#N)C[C@@H]1CCNC1=O. The fraction of sp³-hybridized carbons (Fsp3) is 0.783. The van der Waals surface area contributed by atoms with Crippen LogP contribution in [0.25, 0.3) is 0 Å². The summed E-state index contributed by atoms with van der Waals surface area (Å²) in [6.45, 7) is 8.93. The summed E-state index contributed by atoms with van der Waals surface area (Å²) in [6.07, 6.45) is -4.07. The molecule has 0 aromatic heterocycles. The van der Waals surface area contributed by atoms with Gasteiger partial charge in [-0.05, 0) is 36.5 Å². The maximum Gasteiger partial charge on any atom is 0.471 e. The highest BCUT2D eigenvalue weighted by atomic mass is 19.4. The van der Waals surface area contributed by atoms with Crippen LogP contribution < -0.4 is 16.0 Å². The summed E-state index contributed by atoms with van der Waals surface area (Å²) < 4.78 is 38.8. The zero-order chi connectivity index (χ0) is 26.7. The number of hydrogen-bond acceptors (Lipinski definition) is 5. The Morgan fingerprint density at radius 1 is 1.17 bits per heavy atom. The average Bonchev–Trinajstić information content (AvgIpc) is 3.35. The lowest BCUT2D eigenvalue weighted by Gasteiger charge is -2.37. The van der Waals surface area contributed by atoms with E-state index in [0.29, 0.717) is 19.4 Å². The van der Waals surface area contributed by atoms with Crippen molar-refractivity contribution >= 4 is 23.6 Å². The smallest absolute Gasteiger partial charge is 0.356 e. The fourth-order valence-corrected chi connectivity index (χ4v) is 4.68. The standard InChI is InChI=1S/C23H34F3N5O4/c1-12(2)15-7-9-31(20(34)17(22(3,4)5)30-21(35)23(24,25)26)16(15)19(33)29-14(11-27)10-13-6-8-28-18(13)32/h12-17H,6-10H2,1-5H3,(H,28,32)(H,29,33)(H,30,35)/t13-,14?,15?,16?,17?/m0/s1. The van der Waals surface area contributed by atoms with E-state index in [1.165, 1.54) is 25.7 Å². The minimum Gasteiger partial charge on any atom is -0.356 e. The number of carbonyl (C=O) groups excluding carboxylic acids is 4. The van der Waals surface area contributed by atoms with Gasteiger partial charge in [-0.15, -0.1) is 0 Å². The Labute approximate surface area is 203 Å². The zero-order valence-corrected chi connectivity index (χ0v) is 20.7. The first-order chi connectivity index (χ1) is 16.1. The van der Waals surface area contributed by atoms with Gasteiger partial charge >= 0.3 is 12.1 Å². The van der Waals surface area contributed by atoms with Crippen LogP contribution in [0.4, 0.5) is 13.2 Å². The molecule has 4 amide bonds. The van der Waals surface area contributed by atoms with Crippen LogP contribution in [0.15, 0.2) is 0 Å². The largest absolute Gasteiger partial charge is 0.471 e. The first-order valence-corrected chi connectivity index (χ1v) is 11.7. The highest BCUT2D eigenvalue weighted by molar-refractivity contribution is 5.94. The molecule has 4 unspecified atom stereocenters. The molecule has 2 aliphatic rings. The maximum absolute atomic E-state index is 13.5. The molecule has 0 saturated carbocycles. The molecule has 0 aromatic carbocycles. The molecule has 2 saturated heterocycles. The van der Waals surface area contributed by atoms with Gasteiger partial charge in [0.05, 0.1) is 6.07 Å². The van der Waals surface area contributed by atoms with E-state index < -0.39 is 53.4 Å². The van der Waals surface area contributed by atoms with Gasteiger partial charge in [0.25, 0.3) is 0 Å². The normalized spacial score (nSPS) is 24.5. The molecule has 2 fully saturated rings. The number of amides is 4. The van der Waals surface area contributed by atoms with Crippen LogP contribution in [0, 0.1) is 34.5 Å². The van der Waals surface area contributed by atoms with Crippen LogP contribution >= 0.6 is 0 Å². The third-order valence-electron chi connectivity index (χ3n) is 6.65. The molecule has 2 heterocycles. The lowest BCUT2D eigenvalue weighted by atomic mass is 9.84. The highest BCUT2D eigenvalue weighted by Gasteiger charge is 2.49. The van der Waals surface area contributed by atoms with Crippen molar-refractivity contribution in [3.05, 3.63) is 0 Å². The predicted octanol–water partition coefficient (Wildman–Crippen LogP) is 1.49. The number of nitrogens with zero attached hydrogens (tertiary/aromatic N) is 2. The number of nitriles is 1. The van der Waals surface area contributed by atoms with E-state index in [4.69, 9.17) is 0 Å². The van der Waals surface area contributed by atoms with Crippen LogP contribution in [-0.2, 0) is 19.2 Å². The van der Waals surface area contributed by atoms with Crippen LogP contribution in [0.5, 0.6) is 0 Å². The molecule has 9 nitrogen and oxygen atoms in total. The number of nitrogens with one attached hydrogen (secondary N) is 3. The fourth-order valence-electron chi connectivity index (χ4n) is 4.68. The van der Waals surface area contributed by atoms with Crippen LogP contribution in [0.2, 0.25) is 0 Å². The van der Waals surface area contributed by atoms with Gasteiger partial charge in [-0.2, -0.15) is 18.4 Å². The first kappa shape index (κ1) is 28.4. The molecule has 0 radical (unpaired) electrons. The summed E-state index contributed by atoms with van der Waals surface area (Å²) in [7, 11) is 0. The van der Waals surface area contributed by atoms with Gasteiger partial charge in [0.15, 0.2) is 0 Å². The molecule has 35 heavy (non-hydrogen) atoms. The van der Waals surface area contributed by atoms with Gasteiger partial charge in [0, 0.05) is 19.0 Å². The van der Waals surface area contributed by atoms with E-state index in [-0.39, 0.29) is 30.7 Å². The maximum atomic E-state index is 13.5. The lowest BCUT2D eigenvalue weighted by molar-refractivity contribution is -0.176. The van der Waals surface area contributed by atoms with E-state index >= 15 is 0 Å². The Morgan fingerprint density at radius 3 is 2.26 bits per heavy atom. The van der Waals surface area contributed by atoms with E-state index in [1.807, 2.05) is 19.9 Å². The number of hydrogen-bond donors (Lipinski definition) is 3. The predicted molar refractivity (Wildman–Crippen MR) is 119 cm³/mol. The average molecular weight is 502 g/mol. The van der Waals surface area contributed by atoms with Crippen molar-refractivity contribution in [2.45, 2.75) is 78.2 Å². The molecular weight excluding hydrogens is 467 g/mol. The lowest BCUT2D eigenvalue weighted by Crippen LogP contribution is -2.60. The van der Waals surface area contributed by atoms with E-state index in [9.17, 15) is 37.6 Å². The summed E-state index contributed by atoms with van der Waals surface area (Å²) in [5, 5.41) is 16.7. The Hall–Kier alpha value is -2.84. The van der Waals surface area contributed by atoms with Crippen molar-refractivity contribution in [3.63, 3.8) is 0 Å². The summed E-state index contributed by atoms with van der Waals surface area (Å²) >= 11 is 0. The molecule has 0 aromatic rings. The van der Waals surface area contributed by atoms with Gasteiger partial charge in [0.1, 0.15) is 18.1 Å². The molecule has 2 rings (SSSR count). The molecule has 12 heteroatoms. The molecular formula is C23H34F3N5O4. The molecule has 0 bridgehead atoms. The Balaban J connectivity index is 2.28. The Bertz CT molecular complexity index is 878. The third kappa shape index (κ3) is 6.86. The first-order valence-electron chi connectivity index (χ1n) is 11.7. The van der Waals surface area contributed by atoms with Crippen molar-refractivity contribution in [1.82, 2.24) is 20.9 Å². The third-order valence-corrected chi connectivity index (χ3v) is 6.65. The summed E-state index contributed by atoms with van der Waals surface area (Å²) in [4.78, 5) is 51.5. The van der Waals surface area contributed by atoms with Gasteiger partial charge in [0.2, 0.25) is 17.7 Å². The topological polar surface area (TPSA) is 131 Å². The van der Waals surface area contributed by atoms with Gasteiger partial charge in [-0.25, -0.2) is 0 Å². The van der Waals surface area contributed by atoms with Crippen LogP contribution in [0.3, 0.4) is 0 Å². The molecule has 0 aliphatic carbocycles.